The fourth-order valence-corrected chi connectivity index (χ4v) is 9.85. The minimum absolute atomic E-state index is 1.13. The molecule has 0 amide bonds. The fraction of sp³-hybridized carbons (Fsp3) is 0. The summed E-state index contributed by atoms with van der Waals surface area (Å²) in [6, 6.07) is 61.6. The Bertz CT molecular complexity index is 2770. The standard InChI is InChI=1S/C44H28N2S2/c1-3-11-31(12-4-1)45(34-24-25-37-42(28-34)48-43-36-16-8-10-18-41(36)47-44(37)43)33-22-19-29(20-23-33)30-21-26-40-38(27-30)35-15-7-9-17-39(35)46(40)32-13-5-2-6-14-32/h1-28H. The number of aromatic nitrogens is 1. The summed E-state index contributed by atoms with van der Waals surface area (Å²) in [6.45, 7) is 0. The van der Waals surface area contributed by atoms with Gasteiger partial charge in [0.1, 0.15) is 0 Å². The third-order valence-electron chi connectivity index (χ3n) is 9.39. The normalized spacial score (nSPS) is 11.8. The molecule has 3 aromatic heterocycles. The third-order valence-corrected chi connectivity index (χ3v) is 11.9. The molecule has 0 saturated carbocycles. The molecule has 0 N–H and O–H groups in total. The van der Waals surface area contributed by atoms with Crippen molar-refractivity contribution in [3.05, 3.63) is 170 Å². The monoisotopic (exact) mass is 648 g/mol. The predicted molar refractivity (Wildman–Crippen MR) is 209 cm³/mol. The van der Waals surface area contributed by atoms with E-state index >= 15 is 0 Å². The molecule has 0 atom stereocenters. The Labute approximate surface area is 286 Å². The van der Waals surface area contributed by atoms with Crippen molar-refractivity contribution >= 4 is 91.1 Å². The average Bonchev–Trinajstić information content (AvgIpc) is 3.80. The molecule has 0 aliphatic heterocycles. The molecule has 4 heteroatoms. The molecule has 3 heterocycles. The number of hydrogen-bond acceptors (Lipinski definition) is 3. The molecular formula is C44H28N2S2. The van der Waals surface area contributed by atoms with Gasteiger partial charge in [-0.1, -0.05) is 97.1 Å². The largest absolute Gasteiger partial charge is 0.310 e. The van der Waals surface area contributed by atoms with Gasteiger partial charge < -0.3 is 9.47 Å². The van der Waals surface area contributed by atoms with Gasteiger partial charge in [0.25, 0.3) is 0 Å². The van der Waals surface area contributed by atoms with Crippen LogP contribution in [0.15, 0.2) is 170 Å². The van der Waals surface area contributed by atoms with Crippen LogP contribution in [0, 0.1) is 0 Å². The van der Waals surface area contributed by atoms with Gasteiger partial charge in [-0.05, 0) is 83.9 Å². The minimum atomic E-state index is 1.13. The summed E-state index contributed by atoms with van der Waals surface area (Å²) >= 11 is 3.80. The van der Waals surface area contributed by atoms with Crippen molar-refractivity contribution in [3.63, 3.8) is 0 Å². The molecule has 0 spiro atoms. The highest BCUT2D eigenvalue weighted by atomic mass is 32.1. The van der Waals surface area contributed by atoms with Crippen LogP contribution in [0.2, 0.25) is 0 Å². The maximum atomic E-state index is 2.37. The van der Waals surface area contributed by atoms with Crippen LogP contribution in [0.3, 0.4) is 0 Å². The molecule has 0 saturated heterocycles. The van der Waals surface area contributed by atoms with Gasteiger partial charge in [-0.15, -0.1) is 22.7 Å². The minimum Gasteiger partial charge on any atom is -0.310 e. The summed E-state index contributed by atoms with van der Waals surface area (Å²) in [7, 11) is 0. The van der Waals surface area contributed by atoms with E-state index in [9.17, 15) is 0 Å². The maximum Gasteiger partial charge on any atom is 0.0542 e. The number of rotatable bonds is 5. The number of nitrogens with zero attached hydrogens (tertiary/aromatic N) is 2. The van der Waals surface area contributed by atoms with Crippen LogP contribution in [0.1, 0.15) is 0 Å². The van der Waals surface area contributed by atoms with E-state index in [0.717, 1.165) is 17.1 Å². The summed E-state index contributed by atoms with van der Waals surface area (Å²) in [5.41, 5.74) is 9.47. The molecule has 226 valence electrons. The Morgan fingerprint density at radius 3 is 1.77 bits per heavy atom. The second-order valence-electron chi connectivity index (χ2n) is 12.2. The first-order valence-electron chi connectivity index (χ1n) is 16.2. The Morgan fingerprint density at radius 2 is 0.958 bits per heavy atom. The van der Waals surface area contributed by atoms with E-state index in [1.807, 2.05) is 22.7 Å². The number of thiophene rings is 2. The van der Waals surface area contributed by atoms with Crippen molar-refractivity contribution in [1.82, 2.24) is 4.57 Å². The first-order chi connectivity index (χ1) is 23.8. The van der Waals surface area contributed by atoms with Crippen LogP contribution in [-0.2, 0) is 0 Å². The molecule has 7 aromatic carbocycles. The Morgan fingerprint density at radius 1 is 0.375 bits per heavy atom. The highest BCUT2D eigenvalue weighted by Gasteiger charge is 2.17. The second-order valence-corrected chi connectivity index (χ2v) is 14.3. The van der Waals surface area contributed by atoms with Crippen LogP contribution in [0.25, 0.3) is 68.2 Å². The summed E-state index contributed by atoms with van der Waals surface area (Å²) < 4.78 is 7.83. The number of fused-ring (bicyclic) bond motifs is 8. The number of benzene rings is 7. The Kier molecular flexibility index (Phi) is 6.26. The Hall–Kier alpha value is -5.68. The zero-order chi connectivity index (χ0) is 31.6. The van der Waals surface area contributed by atoms with Crippen molar-refractivity contribution in [2.45, 2.75) is 0 Å². The lowest BCUT2D eigenvalue weighted by atomic mass is 10.0. The molecule has 0 aliphatic carbocycles. The predicted octanol–water partition coefficient (Wildman–Crippen LogP) is 13.5. The lowest BCUT2D eigenvalue weighted by molar-refractivity contribution is 1.18. The average molecular weight is 649 g/mol. The smallest absolute Gasteiger partial charge is 0.0542 e. The van der Waals surface area contributed by atoms with Crippen molar-refractivity contribution in [2.75, 3.05) is 4.90 Å². The summed E-state index contributed by atoms with van der Waals surface area (Å²) in [5.74, 6) is 0. The number of hydrogen-bond donors (Lipinski definition) is 0. The first kappa shape index (κ1) is 27.4. The van der Waals surface area contributed by atoms with E-state index in [0.29, 0.717) is 0 Å². The van der Waals surface area contributed by atoms with Gasteiger partial charge >= 0.3 is 0 Å². The van der Waals surface area contributed by atoms with Gasteiger partial charge in [-0.3, -0.25) is 0 Å². The van der Waals surface area contributed by atoms with E-state index in [4.69, 9.17) is 0 Å². The molecule has 0 radical (unpaired) electrons. The molecule has 48 heavy (non-hydrogen) atoms. The molecule has 0 bridgehead atoms. The van der Waals surface area contributed by atoms with Gasteiger partial charge in [-0.2, -0.15) is 0 Å². The fourth-order valence-electron chi connectivity index (χ4n) is 7.17. The highest BCUT2D eigenvalue weighted by molar-refractivity contribution is 7.36. The molecular weight excluding hydrogens is 621 g/mol. The second kappa shape index (κ2) is 11.0. The SMILES string of the molecule is c1ccc(N(c2ccc(-c3ccc4c(c3)c3ccccc3n4-c3ccccc3)cc2)c2ccc3c(c2)sc2c4ccccc4sc32)cc1. The van der Waals surface area contributed by atoms with Gasteiger partial charge in [0.05, 0.1) is 20.4 Å². The quantitative estimate of drug-likeness (QED) is 0.180. The first-order valence-corrected chi connectivity index (χ1v) is 17.8. The van der Waals surface area contributed by atoms with Gasteiger partial charge in [0.2, 0.25) is 0 Å². The molecule has 10 rings (SSSR count). The third kappa shape index (κ3) is 4.31. The van der Waals surface area contributed by atoms with Crippen molar-refractivity contribution in [3.8, 4) is 16.8 Å². The van der Waals surface area contributed by atoms with Gasteiger partial charge in [0.15, 0.2) is 0 Å². The van der Waals surface area contributed by atoms with Crippen LogP contribution in [-0.4, -0.2) is 4.57 Å². The molecule has 10 aromatic rings. The van der Waals surface area contributed by atoms with Crippen LogP contribution >= 0.6 is 22.7 Å². The van der Waals surface area contributed by atoms with E-state index in [1.54, 1.807) is 0 Å². The van der Waals surface area contributed by atoms with Crippen LogP contribution < -0.4 is 4.90 Å². The van der Waals surface area contributed by atoms with E-state index in [2.05, 4.69) is 179 Å². The summed E-state index contributed by atoms with van der Waals surface area (Å²) in [4.78, 5) is 2.37. The molecule has 2 nitrogen and oxygen atoms in total. The Balaban J connectivity index is 1.07. The van der Waals surface area contributed by atoms with Crippen LogP contribution in [0.4, 0.5) is 17.1 Å². The van der Waals surface area contributed by atoms with Gasteiger partial charge in [-0.25, -0.2) is 0 Å². The van der Waals surface area contributed by atoms with E-state index in [-0.39, 0.29) is 0 Å². The topological polar surface area (TPSA) is 8.17 Å². The van der Waals surface area contributed by atoms with E-state index in [1.165, 1.54) is 68.2 Å². The van der Waals surface area contributed by atoms with Crippen molar-refractivity contribution < 1.29 is 0 Å². The van der Waals surface area contributed by atoms with Crippen LogP contribution in [0.5, 0.6) is 0 Å². The highest BCUT2D eigenvalue weighted by Crippen LogP contribution is 2.46. The number of para-hydroxylation sites is 3. The molecule has 0 unspecified atom stereocenters. The lowest BCUT2D eigenvalue weighted by Gasteiger charge is -2.25. The molecule has 0 fully saturated rings. The lowest BCUT2D eigenvalue weighted by Crippen LogP contribution is -2.09. The van der Waals surface area contributed by atoms with E-state index < -0.39 is 0 Å². The summed E-state index contributed by atoms with van der Waals surface area (Å²) in [6.07, 6.45) is 0. The van der Waals surface area contributed by atoms with Gasteiger partial charge in [0, 0.05) is 53.7 Å². The zero-order valence-corrected chi connectivity index (χ0v) is 27.5. The maximum absolute atomic E-state index is 2.37. The number of anilines is 3. The molecule has 0 aliphatic rings. The van der Waals surface area contributed by atoms with Crippen molar-refractivity contribution in [1.29, 1.82) is 0 Å². The van der Waals surface area contributed by atoms with Crippen molar-refractivity contribution in [2.24, 2.45) is 0 Å². The zero-order valence-electron chi connectivity index (χ0n) is 25.9. The summed E-state index contributed by atoms with van der Waals surface area (Å²) in [5, 5.41) is 5.23.